The number of nitrogens with one attached hydrogen (secondary N) is 1. The number of hydrogen-bond acceptors (Lipinski definition) is 3. The third kappa shape index (κ3) is 3.19. The molecule has 2 rings (SSSR count). The summed E-state index contributed by atoms with van der Waals surface area (Å²) in [6, 6.07) is 8.80. The minimum atomic E-state index is -1.05. The quantitative estimate of drug-likeness (QED) is 0.756. The summed E-state index contributed by atoms with van der Waals surface area (Å²) in [5.74, 6) is -1.55. The molecule has 0 heterocycles. The predicted molar refractivity (Wildman–Crippen MR) is 76.6 cm³/mol. The highest BCUT2D eigenvalue weighted by Gasteiger charge is 2.10. The molecule has 4 nitrogen and oxygen atoms in total. The van der Waals surface area contributed by atoms with E-state index in [0.29, 0.717) is 17.9 Å². The third-order valence-corrected chi connectivity index (χ3v) is 3.03. The number of carboxylic acid groups (broad SMARTS) is 1. The van der Waals surface area contributed by atoms with Crippen LogP contribution in [0.3, 0.4) is 0 Å². The van der Waals surface area contributed by atoms with Gasteiger partial charge in [0.1, 0.15) is 5.82 Å². The SMILES string of the molecule is Nc1ccc(C(=O)O)c(NCc2ccc(F)c(Cl)c2)c1. The van der Waals surface area contributed by atoms with Gasteiger partial charge >= 0.3 is 5.97 Å². The number of carbonyl (C=O) groups is 1. The Morgan fingerprint density at radius 2 is 2.05 bits per heavy atom. The Morgan fingerprint density at radius 1 is 1.30 bits per heavy atom. The molecule has 0 saturated carbocycles. The van der Waals surface area contributed by atoms with Crippen molar-refractivity contribution in [1.29, 1.82) is 0 Å². The fourth-order valence-corrected chi connectivity index (χ4v) is 1.94. The van der Waals surface area contributed by atoms with Crippen molar-refractivity contribution < 1.29 is 14.3 Å². The largest absolute Gasteiger partial charge is 0.478 e. The highest BCUT2D eigenvalue weighted by atomic mass is 35.5. The highest BCUT2D eigenvalue weighted by molar-refractivity contribution is 6.30. The Hall–Kier alpha value is -2.27. The number of nitrogen functional groups attached to an aromatic ring is 1. The van der Waals surface area contributed by atoms with E-state index in [0.717, 1.165) is 5.56 Å². The molecule has 0 aliphatic carbocycles. The lowest BCUT2D eigenvalue weighted by Crippen LogP contribution is -2.07. The van der Waals surface area contributed by atoms with Gasteiger partial charge in [-0.25, -0.2) is 9.18 Å². The second kappa shape index (κ2) is 5.79. The topological polar surface area (TPSA) is 75.4 Å². The summed E-state index contributed by atoms with van der Waals surface area (Å²) in [6.07, 6.45) is 0. The van der Waals surface area contributed by atoms with Crippen LogP contribution in [0, 0.1) is 5.82 Å². The van der Waals surface area contributed by atoms with E-state index in [2.05, 4.69) is 5.32 Å². The van der Waals surface area contributed by atoms with Crippen LogP contribution < -0.4 is 11.1 Å². The Kier molecular flexibility index (Phi) is 4.10. The zero-order valence-corrected chi connectivity index (χ0v) is 11.1. The molecule has 0 aromatic heterocycles. The van der Waals surface area contributed by atoms with Gasteiger partial charge in [0, 0.05) is 12.2 Å². The van der Waals surface area contributed by atoms with Crippen LogP contribution in [0.25, 0.3) is 0 Å². The first kappa shape index (κ1) is 14.1. The van der Waals surface area contributed by atoms with Crippen LogP contribution >= 0.6 is 11.6 Å². The van der Waals surface area contributed by atoms with E-state index < -0.39 is 11.8 Å². The van der Waals surface area contributed by atoms with Gasteiger partial charge < -0.3 is 16.2 Å². The van der Waals surface area contributed by atoms with Gasteiger partial charge in [0.2, 0.25) is 0 Å². The van der Waals surface area contributed by atoms with E-state index >= 15 is 0 Å². The average Bonchev–Trinajstić information content (AvgIpc) is 2.40. The number of aromatic carboxylic acids is 1. The summed E-state index contributed by atoms with van der Waals surface area (Å²) in [5.41, 5.74) is 7.34. The lowest BCUT2D eigenvalue weighted by molar-refractivity contribution is 0.0698. The average molecular weight is 295 g/mol. The first-order chi connectivity index (χ1) is 9.47. The van der Waals surface area contributed by atoms with Gasteiger partial charge in [-0.05, 0) is 35.9 Å². The van der Waals surface area contributed by atoms with Gasteiger partial charge in [-0.3, -0.25) is 0 Å². The first-order valence-electron chi connectivity index (χ1n) is 5.78. The van der Waals surface area contributed by atoms with Crippen LogP contribution in [-0.2, 0) is 6.54 Å². The minimum Gasteiger partial charge on any atom is -0.478 e. The molecule has 0 spiro atoms. The first-order valence-corrected chi connectivity index (χ1v) is 6.16. The summed E-state index contributed by atoms with van der Waals surface area (Å²) in [7, 11) is 0. The second-order valence-electron chi connectivity index (χ2n) is 4.21. The van der Waals surface area contributed by atoms with E-state index in [1.165, 1.54) is 30.3 Å². The lowest BCUT2D eigenvalue weighted by atomic mass is 10.1. The fraction of sp³-hybridized carbons (Fsp3) is 0.0714. The molecule has 0 atom stereocenters. The number of halogens is 2. The molecule has 0 fully saturated rings. The smallest absolute Gasteiger partial charge is 0.337 e. The maximum atomic E-state index is 13.0. The maximum absolute atomic E-state index is 13.0. The molecule has 0 unspecified atom stereocenters. The van der Waals surface area contributed by atoms with Gasteiger partial charge in [-0.2, -0.15) is 0 Å². The van der Waals surface area contributed by atoms with Gasteiger partial charge in [-0.15, -0.1) is 0 Å². The van der Waals surface area contributed by atoms with E-state index in [1.54, 1.807) is 6.07 Å². The van der Waals surface area contributed by atoms with Crippen LogP contribution in [0.1, 0.15) is 15.9 Å². The van der Waals surface area contributed by atoms with Crippen molar-refractivity contribution in [2.24, 2.45) is 0 Å². The molecule has 20 heavy (non-hydrogen) atoms. The summed E-state index contributed by atoms with van der Waals surface area (Å²) in [5, 5.41) is 12.1. The Balaban J connectivity index is 2.20. The molecule has 0 aliphatic heterocycles. The lowest BCUT2D eigenvalue weighted by Gasteiger charge is -2.11. The van der Waals surface area contributed by atoms with Gasteiger partial charge in [0.25, 0.3) is 0 Å². The molecule has 2 aromatic carbocycles. The van der Waals surface area contributed by atoms with Crippen LogP contribution in [0.4, 0.5) is 15.8 Å². The monoisotopic (exact) mass is 294 g/mol. The van der Waals surface area contributed by atoms with Crippen molar-refractivity contribution in [3.8, 4) is 0 Å². The molecule has 0 bridgehead atoms. The molecule has 2 aromatic rings. The van der Waals surface area contributed by atoms with Crippen molar-refractivity contribution in [3.05, 3.63) is 58.4 Å². The Morgan fingerprint density at radius 3 is 2.70 bits per heavy atom. The maximum Gasteiger partial charge on any atom is 0.337 e. The highest BCUT2D eigenvalue weighted by Crippen LogP contribution is 2.21. The van der Waals surface area contributed by atoms with Crippen LogP contribution in [0.2, 0.25) is 5.02 Å². The van der Waals surface area contributed by atoms with E-state index in [4.69, 9.17) is 22.4 Å². The summed E-state index contributed by atoms with van der Waals surface area (Å²) >= 11 is 5.69. The number of rotatable bonds is 4. The van der Waals surface area contributed by atoms with Crippen LogP contribution in [-0.4, -0.2) is 11.1 Å². The standard InChI is InChI=1S/C14H12ClFN2O2/c15-11-5-8(1-4-12(11)16)7-18-13-6-9(17)2-3-10(13)14(19)20/h1-6,18H,7,17H2,(H,19,20). The molecule has 104 valence electrons. The predicted octanol–water partition coefficient (Wildman–Crippen LogP) is 3.37. The Bertz CT molecular complexity index is 662. The molecule has 4 N–H and O–H groups in total. The molecule has 0 amide bonds. The third-order valence-electron chi connectivity index (χ3n) is 2.74. The van der Waals surface area contributed by atoms with E-state index in [1.807, 2.05) is 0 Å². The zero-order valence-electron chi connectivity index (χ0n) is 10.4. The van der Waals surface area contributed by atoms with E-state index in [9.17, 15) is 9.18 Å². The molecular weight excluding hydrogens is 283 g/mol. The van der Waals surface area contributed by atoms with Crippen molar-refractivity contribution in [3.63, 3.8) is 0 Å². The van der Waals surface area contributed by atoms with Crippen molar-refractivity contribution in [2.75, 3.05) is 11.1 Å². The molecule has 0 radical (unpaired) electrons. The summed E-state index contributed by atoms with van der Waals surface area (Å²) in [4.78, 5) is 11.1. The van der Waals surface area contributed by atoms with Crippen LogP contribution in [0.15, 0.2) is 36.4 Å². The van der Waals surface area contributed by atoms with E-state index in [-0.39, 0.29) is 10.6 Å². The van der Waals surface area contributed by atoms with Crippen molar-refractivity contribution in [2.45, 2.75) is 6.54 Å². The van der Waals surface area contributed by atoms with Crippen molar-refractivity contribution >= 4 is 28.9 Å². The Labute approximate surface area is 120 Å². The molecular formula is C14H12ClFN2O2. The number of nitrogens with two attached hydrogens (primary N) is 1. The van der Waals surface area contributed by atoms with Crippen LogP contribution in [0.5, 0.6) is 0 Å². The molecule has 0 saturated heterocycles. The van der Waals surface area contributed by atoms with Gasteiger partial charge in [0.05, 0.1) is 16.3 Å². The van der Waals surface area contributed by atoms with Gasteiger partial charge in [0.15, 0.2) is 0 Å². The fourth-order valence-electron chi connectivity index (χ4n) is 1.74. The van der Waals surface area contributed by atoms with Crippen molar-refractivity contribution in [1.82, 2.24) is 0 Å². The number of hydrogen-bond donors (Lipinski definition) is 3. The summed E-state index contributed by atoms with van der Waals surface area (Å²) < 4.78 is 13.0. The second-order valence-corrected chi connectivity index (χ2v) is 4.62. The number of benzene rings is 2. The van der Waals surface area contributed by atoms with Gasteiger partial charge in [-0.1, -0.05) is 17.7 Å². The zero-order chi connectivity index (χ0) is 14.7. The summed E-state index contributed by atoms with van der Waals surface area (Å²) in [6.45, 7) is 0.309. The normalized spacial score (nSPS) is 10.3. The number of carboxylic acids is 1. The molecule has 6 heteroatoms. The minimum absolute atomic E-state index is 0.0235. The number of anilines is 2. The molecule has 0 aliphatic rings.